The van der Waals surface area contributed by atoms with Crippen LogP contribution in [0.2, 0.25) is 0 Å². The smallest absolute Gasteiger partial charge is 0.289 e. The van der Waals surface area contributed by atoms with E-state index in [2.05, 4.69) is 16.8 Å². The molecule has 1 aliphatic heterocycles. The standard InChI is InChI=1S/C22H28N4O3/c1-3-15-28-19-9-6-5-8-18(19)17-24-22(23-4-2)26-13-11-25(12-14-26)21(27)20-10-7-16-29-20/h3,5-10,16H,1,4,11-15,17H2,2H3,(H,23,24). The number of guanidine groups is 1. The highest BCUT2D eigenvalue weighted by atomic mass is 16.5. The number of amides is 1. The molecule has 1 amide bonds. The lowest BCUT2D eigenvalue weighted by Gasteiger charge is -2.36. The van der Waals surface area contributed by atoms with E-state index >= 15 is 0 Å². The molecular weight excluding hydrogens is 368 g/mol. The maximum atomic E-state index is 12.4. The van der Waals surface area contributed by atoms with Gasteiger partial charge < -0.3 is 24.3 Å². The van der Waals surface area contributed by atoms with Gasteiger partial charge in [0, 0.05) is 38.3 Å². The van der Waals surface area contributed by atoms with Crippen molar-refractivity contribution >= 4 is 11.9 Å². The second-order valence-corrected chi connectivity index (χ2v) is 6.63. The van der Waals surface area contributed by atoms with Gasteiger partial charge in [-0.25, -0.2) is 4.99 Å². The van der Waals surface area contributed by atoms with E-state index < -0.39 is 0 Å². The zero-order chi connectivity index (χ0) is 20.5. The molecule has 1 aromatic carbocycles. The van der Waals surface area contributed by atoms with Crippen molar-refractivity contribution in [1.82, 2.24) is 15.1 Å². The van der Waals surface area contributed by atoms with Gasteiger partial charge in [-0.05, 0) is 25.1 Å². The molecule has 7 heteroatoms. The summed E-state index contributed by atoms with van der Waals surface area (Å²) >= 11 is 0. The Morgan fingerprint density at radius 2 is 1.97 bits per heavy atom. The third-order valence-corrected chi connectivity index (χ3v) is 4.66. The zero-order valence-corrected chi connectivity index (χ0v) is 16.8. The van der Waals surface area contributed by atoms with Crippen LogP contribution in [-0.2, 0) is 6.54 Å². The Morgan fingerprint density at radius 1 is 1.21 bits per heavy atom. The van der Waals surface area contributed by atoms with E-state index in [9.17, 15) is 4.79 Å². The van der Waals surface area contributed by atoms with Crippen LogP contribution in [0.15, 0.2) is 64.7 Å². The van der Waals surface area contributed by atoms with Crippen molar-refractivity contribution in [1.29, 1.82) is 0 Å². The average Bonchev–Trinajstić information content (AvgIpc) is 3.30. The van der Waals surface area contributed by atoms with Crippen LogP contribution < -0.4 is 10.1 Å². The van der Waals surface area contributed by atoms with Gasteiger partial charge in [-0.15, -0.1) is 0 Å². The molecule has 1 N–H and O–H groups in total. The van der Waals surface area contributed by atoms with Crippen molar-refractivity contribution in [2.75, 3.05) is 39.3 Å². The number of hydrogen-bond donors (Lipinski definition) is 1. The lowest BCUT2D eigenvalue weighted by Crippen LogP contribution is -2.53. The van der Waals surface area contributed by atoms with Crippen LogP contribution in [0.25, 0.3) is 0 Å². The quantitative estimate of drug-likeness (QED) is 0.443. The fraction of sp³-hybridized carbons (Fsp3) is 0.364. The van der Waals surface area contributed by atoms with Gasteiger partial charge in [0.25, 0.3) is 5.91 Å². The maximum Gasteiger partial charge on any atom is 0.289 e. The van der Waals surface area contributed by atoms with Crippen LogP contribution in [0, 0.1) is 0 Å². The molecule has 3 rings (SSSR count). The highest BCUT2D eigenvalue weighted by Crippen LogP contribution is 2.19. The molecule has 1 saturated heterocycles. The van der Waals surface area contributed by atoms with E-state index in [1.54, 1.807) is 18.2 Å². The first-order valence-corrected chi connectivity index (χ1v) is 9.90. The predicted molar refractivity (Wildman–Crippen MR) is 113 cm³/mol. The summed E-state index contributed by atoms with van der Waals surface area (Å²) in [6.45, 7) is 10.2. The number of ether oxygens (including phenoxy) is 1. The Kier molecular flexibility index (Phi) is 7.33. The molecule has 0 spiro atoms. The van der Waals surface area contributed by atoms with E-state index in [0.29, 0.717) is 45.1 Å². The average molecular weight is 396 g/mol. The Labute approximate surface area is 171 Å². The first-order valence-electron chi connectivity index (χ1n) is 9.90. The number of piperazine rings is 1. The van der Waals surface area contributed by atoms with E-state index in [4.69, 9.17) is 14.1 Å². The normalized spacial score (nSPS) is 14.6. The van der Waals surface area contributed by atoms with Crippen LogP contribution in [0.4, 0.5) is 0 Å². The molecule has 0 saturated carbocycles. The molecule has 0 unspecified atom stereocenters. The Morgan fingerprint density at radius 3 is 2.66 bits per heavy atom. The number of para-hydroxylation sites is 1. The second-order valence-electron chi connectivity index (χ2n) is 6.63. The van der Waals surface area contributed by atoms with Crippen LogP contribution in [0.5, 0.6) is 5.75 Å². The van der Waals surface area contributed by atoms with E-state index in [0.717, 1.165) is 23.8 Å². The van der Waals surface area contributed by atoms with Crippen molar-refractivity contribution in [3.05, 3.63) is 66.6 Å². The van der Waals surface area contributed by atoms with Crippen LogP contribution >= 0.6 is 0 Å². The summed E-state index contributed by atoms with van der Waals surface area (Å²) in [6.07, 6.45) is 3.25. The lowest BCUT2D eigenvalue weighted by molar-refractivity contribution is 0.0657. The molecule has 1 aromatic heterocycles. The molecule has 1 fully saturated rings. The number of rotatable bonds is 7. The Bertz CT molecular complexity index is 824. The number of carbonyl (C=O) groups excluding carboxylic acids is 1. The summed E-state index contributed by atoms with van der Waals surface area (Å²) in [5.74, 6) is 1.98. The maximum absolute atomic E-state index is 12.4. The first-order chi connectivity index (χ1) is 14.2. The molecule has 0 bridgehead atoms. The van der Waals surface area contributed by atoms with Crippen LogP contribution in [-0.4, -0.2) is 61.0 Å². The Balaban J connectivity index is 1.63. The van der Waals surface area contributed by atoms with Crippen molar-refractivity contribution in [2.24, 2.45) is 4.99 Å². The van der Waals surface area contributed by atoms with Crippen molar-refractivity contribution < 1.29 is 13.9 Å². The summed E-state index contributed by atoms with van der Waals surface area (Å²) in [4.78, 5) is 21.2. The molecule has 7 nitrogen and oxygen atoms in total. The number of furan rings is 1. The number of hydrogen-bond acceptors (Lipinski definition) is 4. The summed E-state index contributed by atoms with van der Waals surface area (Å²) in [5, 5.41) is 3.35. The largest absolute Gasteiger partial charge is 0.489 e. The molecule has 154 valence electrons. The van der Waals surface area contributed by atoms with Crippen molar-refractivity contribution in [3.63, 3.8) is 0 Å². The molecule has 2 aromatic rings. The van der Waals surface area contributed by atoms with Gasteiger partial charge in [-0.3, -0.25) is 4.79 Å². The SMILES string of the molecule is C=CCOc1ccccc1CN=C(NCC)N1CCN(C(=O)c2ccco2)CC1. The predicted octanol–water partition coefficient (Wildman–Crippen LogP) is 2.77. The van der Waals surface area contributed by atoms with E-state index in [-0.39, 0.29) is 5.91 Å². The van der Waals surface area contributed by atoms with Gasteiger partial charge in [0.05, 0.1) is 12.8 Å². The first kappa shape index (κ1) is 20.5. The second kappa shape index (κ2) is 10.4. The van der Waals surface area contributed by atoms with E-state index in [1.807, 2.05) is 36.1 Å². The summed E-state index contributed by atoms with van der Waals surface area (Å²) < 4.78 is 11.0. The van der Waals surface area contributed by atoms with E-state index in [1.165, 1.54) is 6.26 Å². The highest BCUT2D eigenvalue weighted by Gasteiger charge is 2.25. The lowest BCUT2D eigenvalue weighted by atomic mass is 10.2. The Hall–Kier alpha value is -3.22. The summed E-state index contributed by atoms with van der Waals surface area (Å²) in [5.41, 5.74) is 1.02. The fourth-order valence-electron chi connectivity index (χ4n) is 3.19. The molecular formula is C22H28N4O3. The third kappa shape index (κ3) is 5.40. The highest BCUT2D eigenvalue weighted by molar-refractivity contribution is 5.91. The number of nitrogens with zero attached hydrogens (tertiary/aromatic N) is 3. The molecule has 0 aliphatic carbocycles. The molecule has 0 radical (unpaired) electrons. The minimum atomic E-state index is -0.0649. The van der Waals surface area contributed by atoms with Crippen molar-refractivity contribution in [2.45, 2.75) is 13.5 Å². The van der Waals surface area contributed by atoms with Gasteiger partial charge in [0.15, 0.2) is 11.7 Å². The topological polar surface area (TPSA) is 70.3 Å². The van der Waals surface area contributed by atoms with Crippen LogP contribution in [0.3, 0.4) is 0 Å². The summed E-state index contributed by atoms with van der Waals surface area (Å²) in [7, 11) is 0. The monoisotopic (exact) mass is 396 g/mol. The van der Waals surface area contributed by atoms with Gasteiger partial charge >= 0.3 is 0 Å². The number of benzene rings is 1. The third-order valence-electron chi connectivity index (χ3n) is 4.66. The number of aliphatic imine (C=N–C) groups is 1. The molecule has 2 heterocycles. The molecule has 29 heavy (non-hydrogen) atoms. The minimum absolute atomic E-state index is 0.0649. The zero-order valence-electron chi connectivity index (χ0n) is 16.8. The molecule has 1 aliphatic rings. The summed E-state index contributed by atoms with van der Waals surface area (Å²) in [6, 6.07) is 11.3. The molecule has 0 atom stereocenters. The minimum Gasteiger partial charge on any atom is -0.489 e. The van der Waals surface area contributed by atoms with Crippen molar-refractivity contribution in [3.8, 4) is 5.75 Å². The van der Waals surface area contributed by atoms with Gasteiger partial charge in [-0.1, -0.05) is 30.9 Å². The fourth-order valence-corrected chi connectivity index (χ4v) is 3.19. The van der Waals surface area contributed by atoms with Crippen LogP contribution in [0.1, 0.15) is 23.0 Å². The van der Waals surface area contributed by atoms with Gasteiger partial charge in [0.1, 0.15) is 12.4 Å². The number of carbonyl (C=O) groups is 1. The van der Waals surface area contributed by atoms with Gasteiger partial charge in [0.2, 0.25) is 0 Å². The van der Waals surface area contributed by atoms with Gasteiger partial charge in [-0.2, -0.15) is 0 Å². The number of nitrogens with one attached hydrogen (secondary N) is 1.